The number of nitrogens with two attached hydrogens (primary N) is 1. The molecule has 1 aromatic carbocycles. The molecule has 0 bridgehead atoms. The number of carbonyl (C=O) groups excluding carboxylic acids is 1. The topological polar surface area (TPSA) is 61.6 Å². The van der Waals surface area contributed by atoms with Crippen LogP contribution in [0.1, 0.15) is 12.0 Å². The van der Waals surface area contributed by atoms with Gasteiger partial charge in [-0.15, -0.1) is 0 Å². The number of ether oxygens (including phenoxy) is 2. The molecule has 0 aliphatic heterocycles. The van der Waals surface area contributed by atoms with Crippen molar-refractivity contribution >= 4 is 11.7 Å². The van der Waals surface area contributed by atoms with Gasteiger partial charge in [0.15, 0.2) is 0 Å². The summed E-state index contributed by atoms with van der Waals surface area (Å²) in [6, 6.07) is 6.77. The number of benzene rings is 1. The molecule has 1 aromatic rings. The van der Waals surface area contributed by atoms with Crippen LogP contribution < -0.4 is 5.73 Å². The lowest BCUT2D eigenvalue weighted by molar-refractivity contribution is -0.175. The Morgan fingerprint density at radius 3 is 2.40 bits per heavy atom. The zero-order valence-electron chi connectivity index (χ0n) is 10.8. The number of esters is 1. The van der Waals surface area contributed by atoms with E-state index in [0.717, 1.165) is 5.56 Å². The number of nitrogen functional groups attached to an aromatic ring is 1. The Kier molecular flexibility index (Phi) is 6.30. The molecule has 0 heterocycles. The molecule has 7 heteroatoms. The van der Waals surface area contributed by atoms with Crippen LogP contribution >= 0.6 is 0 Å². The molecule has 112 valence electrons. The van der Waals surface area contributed by atoms with Crippen molar-refractivity contribution in [3.63, 3.8) is 0 Å². The summed E-state index contributed by atoms with van der Waals surface area (Å²) >= 11 is 0. The summed E-state index contributed by atoms with van der Waals surface area (Å²) in [5.74, 6) is -0.439. The molecule has 0 unspecified atom stereocenters. The first kappa shape index (κ1) is 16.3. The molecule has 0 amide bonds. The minimum absolute atomic E-state index is 0.0334. The van der Waals surface area contributed by atoms with Gasteiger partial charge in [-0.1, -0.05) is 12.1 Å². The summed E-state index contributed by atoms with van der Waals surface area (Å²) in [4.78, 5) is 11.4. The number of alkyl halides is 3. The second kappa shape index (κ2) is 7.74. The quantitative estimate of drug-likeness (QED) is 0.476. The lowest BCUT2D eigenvalue weighted by Crippen LogP contribution is -2.18. The van der Waals surface area contributed by atoms with Gasteiger partial charge in [0.2, 0.25) is 0 Å². The summed E-state index contributed by atoms with van der Waals surface area (Å²) in [6.45, 7) is -1.35. The smallest absolute Gasteiger partial charge is 0.411 e. The van der Waals surface area contributed by atoms with E-state index in [-0.39, 0.29) is 26.1 Å². The highest BCUT2D eigenvalue weighted by Crippen LogP contribution is 2.14. The summed E-state index contributed by atoms with van der Waals surface area (Å²) in [5, 5.41) is 0. The van der Waals surface area contributed by atoms with Crippen LogP contribution in [0.3, 0.4) is 0 Å². The Bertz CT molecular complexity index is 418. The van der Waals surface area contributed by atoms with Gasteiger partial charge < -0.3 is 15.2 Å². The third-order valence-electron chi connectivity index (χ3n) is 2.29. The Morgan fingerprint density at radius 2 is 1.80 bits per heavy atom. The highest BCUT2D eigenvalue weighted by molar-refractivity contribution is 5.72. The SMILES string of the molecule is Nc1ccc(CC(=O)OCCCOCC(F)(F)F)cc1. The second-order valence-electron chi connectivity index (χ2n) is 4.16. The molecule has 0 spiro atoms. The van der Waals surface area contributed by atoms with Crippen molar-refractivity contribution in [1.29, 1.82) is 0 Å². The Labute approximate surface area is 114 Å². The number of hydrogen-bond donors (Lipinski definition) is 1. The molecule has 0 fully saturated rings. The molecular weight excluding hydrogens is 275 g/mol. The van der Waals surface area contributed by atoms with Crippen LogP contribution in [0.5, 0.6) is 0 Å². The monoisotopic (exact) mass is 291 g/mol. The third kappa shape index (κ3) is 7.63. The number of anilines is 1. The van der Waals surface area contributed by atoms with Crippen LogP contribution in [0.2, 0.25) is 0 Å². The predicted octanol–water partition coefficient (Wildman–Crippen LogP) is 2.32. The first-order valence-electron chi connectivity index (χ1n) is 6.01. The first-order chi connectivity index (χ1) is 9.37. The van der Waals surface area contributed by atoms with Crippen LogP contribution in [0.15, 0.2) is 24.3 Å². The molecule has 1 rings (SSSR count). The van der Waals surface area contributed by atoms with Crippen LogP contribution in [-0.2, 0) is 20.7 Å². The van der Waals surface area contributed by atoms with Crippen molar-refractivity contribution in [1.82, 2.24) is 0 Å². The molecule has 0 atom stereocenters. The van der Waals surface area contributed by atoms with E-state index in [4.69, 9.17) is 10.5 Å². The predicted molar refractivity (Wildman–Crippen MR) is 67.0 cm³/mol. The van der Waals surface area contributed by atoms with Gasteiger partial charge in [-0.05, 0) is 17.7 Å². The lowest BCUT2D eigenvalue weighted by atomic mass is 10.1. The maximum absolute atomic E-state index is 11.7. The molecule has 0 aliphatic carbocycles. The maximum Gasteiger partial charge on any atom is 0.411 e. The van der Waals surface area contributed by atoms with Crippen molar-refractivity contribution in [2.75, 3.05) is 25.6 Å². The number of halogens is 3. The minimum Gasteiger partial charge on any atom is -0.465 e. The van der Waals surface area contributed by atoms with E-state index in [9.17, 15) is 18.0 Å². The third-order valence-corrected chi connectivity index (χ3v) is 2.29. The van der Waals surface area contributed by atoms with Gasteiger partial charge in [0.1, 0.15) is 6.61 Å². The van der Waals surface area contributed by atoms with Gasteiger partial charge in [-0.3, -0.25) is 4.79 Å². The number of carbonyl (C=O) groups is 1. The minimum atomic E-state index is -4.33. The summed E-state index contributed by atoms with van der Waals surface area (Å²) < 4.78 is 44.5. The largest absolute Gasteiger partial charge is 0.465 e. The standard InChI is InChI=1S/C13H16F3NO3/c14-13(15,16)9-19-6-1-7-20-12(18)8-10-2-4-11(17)5-3-10/h2-5H,1,6-9,17H2. The van der Waals surface area contributed by atoms with Gasteiger partial charge in [-0.25, -0.2) is 0 Å². The van der Waals surface area contributed by atoms with Gasteiger partial charge >= 0.3 is 12.1 Å². The fourth-order valence-corrected chi connectivity index (χ4v) is 1.39. The van der Waals surface area contributed by atoms with Crippen molar-refractivity contribution in [2.24, 2.45) is 0 Å². The zero-order valence-corrected chi connectivity index (χ0v) is 10.8. The average molecular weight is 291 g/mol. The molecular formula is C13H16F3NO3. The van der Waals surface area contributed by atoms with E-state index >= 15 is 0 Å². The molecule has 4 nitrogen and oxygen atoms in total. The van der Waals surface area contributed by atoms with Crippen LogP contribution in [0.25, 0.3) is 0 Å². The molecule has 20 heavy (non-hydrogen) atoms. The summed E-state index contributed by atoms with van der Waals surface area (Å²) in [6.07, 6.45) is -4.00. The fraction of sp³-hybridized carbons (Fsp3) is 0.462. The molecule has 0 radical (unpaired) electrons. The molecule has 2 N–H and O–H groups in total. The average Bonchev–Trinajstić information content (AvgIpc) is 2.35. The number of hydrogen-bond acceptors (Lipinski definition) is 4. The van der Waals surface area contributed by atoms with E-state index in [2.05, 4.69) is 4.74 Å². The maximum atomic E-state index is 11.7. The summed E-state index contributed by atoms with van der Waals surface area (Å²) in [7, 11) is 0. The van der Waals surface area contributed by atoms with Crippen LogP contribution in [0, 0.1) is 0 Å². The van der Waals surface area contributed by atoms with Gasteiger partial charge in [0, 0.05) is 12.1 Å². The van der Waals surface area contributed by atoms with E-state index in [1.54, 1.807) is 24.3 Å². The summed E-state index contributed by atoms with van der Waals surface area (Å²) in [5.41, 5.74) is 6.87. The normalized spacial score (nSPS) is 11.3. The van der Waals surface area contributed by atoms with Crippen molar-refractivity contribution in [3.05, 3.63) is 29.8 Å². The van der Waals surface area contributed by atoms with E-state index in [1.807, 2.05) is 0 Å². The van der Waals surface area contributed by atoms with Crippen molar-refractivity contribution in [2.45, 2.75) is 19.0 Å². The molecule has 0 aliphatic rings. The van der Waals surface area contributed by atoms with Crippen molar-refractivity contribution in [3.8, 4) is 0 Å². The Balaban J connectivity index is 2.10. The highest BCUT2D eigenvalue weighted by atomic mass is 19.4. The van der Waals surface area contributed by atoms with Crippen LogP contribution in [0.4, 0.5) is 18.9 Å². The Morgan fingerprint density at radius 1 is 1.15 bits per heavy atom. The van der Waals surface area contributed by atoms with E-state index < -0.39 is 18.8 Å². The molecule has 0 saturated heterocycles. The van der Waals surface area contributed by atoms with E-state index in [0.29, 0.717) is 5.69 Å². The first-order valence-corrected chi connectivity index (χ1v) is 6.01. The van der Waals surface area contributed by atoms with Gasteiger partial charge in [0.05, 0.1) is 19.6 Å². The van der Waals surface area contributed by atoms with Gasteiger partial charge in [0.25, 0.3) is 0 Å². The van der Waals surface area contributed by atoms with Gasteiger partial charge in [-0.2, -0.15) is 13.2 Å². The number of rotatable bonds is 7. The highest BCUT2D eigenvalue weighted by Gasteiger charge is 2.27. The fourth-order valence-electron chi connectivity index (χ4n) is 1.39. The zero-order chi connectivity index (χ0) is 15.0. The van der Waals surface area contributed by atoms with Crippen LogP contribution in [-0.4, -0.2) is 32.0 Å². The molecule has 0 aromatic heterocycles. The second-order valence-corrected chi connectivity index (χ2v) is 4.16. The lowest BCUT2D eigenvalue weighted by Gasteiger charge is -2.08. The molecule has 0 saturated carbocycles. The Hall–Kier alpha value is -1.76. The van der Waals surface area contributed by atoms with Crippen molar-refractivity contribution < 1.29 is 27.4 Å². The van der Waals surface area contributed by atoms with E-state index in [1.165, 1.54) is 0 Å².